The largest absolute Gasteiger partial charge is 0.488 e. The number of ether oxygens (including phenoxy) is 1. The fourth-order valence-corrected chi connectivity index (χ4v) is 7.87. The molecule has 2 aromatic carbocycles. The van der Waals surface area contributed by atoms with Gasteiger partial charge in [-0.3, -0.25) is 14.4 Å². The first-order valence-corrected chi connectivity index (χ1v) is 16.3. The smallest absolute Gasteiger partial charge is 0.307 e. The second kappa shape index (κ2) is 12.2. The van der Waals surface area contributed by atoms with Crippen molar-refractivity contribution in [2.45, 2.75) is 53.2 Å². The van der Waals surface area contributed by atoms with Crippen LogP contribution in [0.4, 0.5) is 5.13 Å². The summed E-state index contributed by atoms with van der Waals surface area (Å²) < 4.78 is 6.36. The average molecular weight is 617 g/mol. The normalized spacial score (nSPS) is 21.7. The molecular formula is C34H40N4O5S. The van der Waals surface area contributed by atoms with Gasteiger partial charge in [-0.05, 0) is 87.8 Å². The van der Waals surface area contributed by atoms with Gasteiger partial charge in [-0.2, -0.15) is 0 Å². The zero-order valence-electron chi connectivity index (χ0n) is 25.8. The average Bonchev–Trinajstić information content (AvgIpc) is 3.59. The van der Waals surface area contributed by atoms with Crippen LogP contribution >= 0.6 is 11.3 Å². The molecule has 1 N–H and O–H groups in total. The Kier molecular flexibility index (Phi) is 8.37. The molecule has 3 aromatic rings. The van der Waals surface area contributed by atoms with Gasteiger partial charge >= 0.3 is 5.97 Å². The Morgan fingerprint density at radius 2 is 1.82 bits per heavy atom. The van der Waals surface area contributed by atoms with Crippen molar-refractivity contribution in [2.24, 2.45) is 17.8 Å². The number of piperidine rings is 1. The van der Waals surface area contributed by atoms with Gasteiger partial charge in [0.25, 0.3) is 5.91 Å². The number of carboxylic acid groups (broad SMARTS) is 1. The van der Waals surface area contributed by atoms with Gasteiger partial charge in [0.05, 0.1) is 11.6 Å². The summed E-state index contributed by atoms with van der Waals surface area (Å²) in [6.07, 6.45) is 1.94. The van der Waals surface area contributed by atoms with E-state index in [1.165, 1.54) is 0 Å². The SMILES string of the molecule is Cc1ccc(OCc2ccc(C(=O)N3CCN(C(C)C)C(=O)C3)cc2C)c(-c2csc(N3CC4CCC(C3)C4C(=O)O)n2)c1. The molecule has 3 fully saturated rings. The predicted molar refractivity (Wildman–Crippen MR) is 170 cm³/mol. The molecule has 2 unspecified atom stereocenters. The van der Waals surface area contributed by atoms with Gasteiger partial charge in [0.2, 0.25) is 5.91 Å². The second-order valence-electron chi connectivity index (χ2n) is 12.7. The number of carboxylic acids is 1. The number of carbonyl (C=O) groups excluding carboxylic acids is 2. The summed E-state index contributed by atoms with van der Waals surface area (Å²) in [5, 5.41) is 12.7. The van der Waals surface area contributed by atoms with Crippen LogP contribution < -0.4 is 9.64 Å². The number of amides is 2. The van der Waals surface area contributed by atoms with Crippen LogP contribution in [0.1, 0.15) is 53.7 Å². The van der Waals surface area contributed by atoms with E-state index in [0.29, 0.717) is 25.3 Å². The molecule has 2 atom stereocenters. The number of anilines is 1. The topological polar surface area (TPSA) is 103 Å². The molecule has 2 saturated heterocycles. The Balaban J connectivity index is 1.13. The molecule has 2 bridgehead atoms. The Bertz CT molecular complexity index is 1570. The van der Waals surface area contributed by atoms with Crippen molar-refractivity contribution < 1.29 is 24.2 Å². The van der Waals surface area contributed by atoms with Crippen molar-refractivity contribution in [3.8, 4) is 17.0 Å². The van der Waals surface area contributed by atoms with E-state index in [4.69, 9.17) is 9.72 Å². The van der Waals surface area contributed by atoms with Crippen molar-refractivity contribution >= 4 is 34.3 Å². The maximum absolute atomic E-state index is 13.2. The van der Waals surface area contributed by atoms with E-state index in [2.05, 4.69) is 16.3 Å². The molecule has 1 aromatic heterocycles. The van der Waals surface area contributed by atoms with Crippen molar-refractivity contribution in [2.75, 3.05) is 37.6 Å². The van der Waals surface area contributed by atoms with Gasteiger partial charge in [0, 0.05) is 48.7 Å². The number of hydrogen-bond acceptors (Lipinski definition) is 7. The standard InChI is InChI=1S/C34H40N4O5S/c1-20(2)38-12-11-36(17-30(38)39)32(40)23-6-9-26(22(4)14-23)18-43-29-10-5-21(3)13-27(29)28-19-44-34(35-28)37-15-24-7-8-25(16-37)31(24)33(41)42/h5-6,9-10,13-14,19-20,24-25,31H,7-8,11-12,15-18H2,1-4H3,(H,41,42). The third kappa shape index (κ3) is 5.92. The number of benzene rings is 2. The highest BCUT2D eigenvalue weighted by Crippen LogP contribution is 2.44. The van der Waals surface area contributed by atoms with Gasteiger partial charge < -0.3 is 24.5 Å². The highest BCUT2D eigenvalue weighted by Gasteiger charge is 2.46. The zero-order valence-corrected chi connectivity index (χ0v) is 26.6. The van der Waals surface area contributed by atoms with E-state index in [1.54, 1.807) is 16.2 Å². The maximum atomic E-state index is 13.2. The lowest BCUT2D eigenvalue weighted by atomic mass is 9.85. The van der Waals surface area contributed by atoms with Crippen LogP contribution in [-0.4, -0.2) is 76.4 Å². The van der Waals surface area contributed by atoms with Gasteiger partial charge in [0.15, 0.2) is 5.13 Å². The van der Waals surface area contributed by atoms with E-state index in [0.717, 1.165) is 64.8 Å². The molecule has 3 heterocycles. The quantitative estimate of drug-likeness (QED) is 0.369. The van der Waals surface area contributed by atoms with E-state index in [9.17, 15) is 19.5 Å². The summed E-state index contributed by atoms with van der Waals surface area (Å²) in [7, 11) is 0. The van der Waals surface area contributed by atoms with Crippen LogP contribution in [-0.2, 0) is 16.2 Å². The second-order valence-corrected chi connectivity index (χ2v) is 13.6. The van der Waals surface area contributed by atoms with Crippen molar-refractivity contribution in [1.82, 2.24) is 14.8 Å². The van der Waals surface area contributed by atoms with Crippen LogP contribution in [0.25, 0.3) is 11.3 Å². The van der Waals surface area contributed by atoms with Crippen LogP contribution in [0.3, 0.4) is 0 Å². The fourth-order valence-electron chi connectivity index (χ4n) is 7.02. The first kappa shape index (κ1) is 30.1. The number of piperazine rings is 1. The predicted octanol–water partition coefficient (Wildman–Crippen LogP) is 5.25. The molecular weight excluding hydrogens is 576 g/mol. The number of hydrogen-bond donors (Lipinski definition) is 1. The summed E-state index contributed by atoms with van der Waals surface area (Å²) in [6.45, 7) is 11.0. The monoisotopic (exact) mass is 616 g/mol. The molecule has 2 amide bonds. The lowest BCUT2D eigenvalue weighted by molar-refractivity contribution is -0.144. The van der Waals surface area contributed by atoms with Crippen LogP contribution in [0.15, 0.2) is 41.8 Å². The Morgan fingerprint density at radius 1 is 1.07 bits per heavy atom. The van der Waals surface area contributed by atoms with Gasteiger partial charge in [-0.1, -0.05) is 17.7 Å². The molecule has 44 heavy (non-hydrogen) atoms. The molecule has 1 saturated carbocycles. The number of aliphatic carboxylic acids is 1. The number of aromatic nitrogens is 1. The van der Waals surface area contributed by atoms with Crippen LogP contribution in [0.2, 0.25) is 0 Å². The lowest BCUT2D eigenvalue weighted by Crippen LogP contribution is -2.54. The summed E-state index contributed by atoms with van der Waals surface area (Å²) >= 11 is 1.59. The minimum absolute atomic E-state index is 0.0164. The third-order valence-electron chi connectivity index (χ3n) is 9.43. The molecule has 10 heteroatoms. The zero-order chi connectivity index (χ0) is 31.1. The Labute approximate surface area is 262 Å². The van der Waals surface area contributed by atoms with Crippen molar-refractivity contribution in [1.29, 1.82) is 0 Å². The third-order valence-corrected chi connectivity index (χ3v) is 10.3. The van der Waals surface area contributed by atoms with Crippen molar-refractivity contribution in [3.05, 3.63) is 64.0 Å². The summed E-state index contributed by atoms with van der Waals surface area (Å²) in [5.74, 6) is 0.0561. The number of carbonyl (C=O) groups is 3. The fraction of sp³-hybridized carbons (Fsp3) is 0.471. The van der Waals surface area contributed by atoms with E-state index in [-0.39, 0.29) is 42.2 Å². The molecule has 6 rings (SSSR count). The van der Waals surface area contributed by atoms with Gasteiger partial charge in [0.1, 0.15) is 18.9 Å². The minimum atomic E-state index is -0.661. The molecule has 0 radical (unpaired) electrons. The Hall–Kier alpha value is -3.92. The number of fused-ring (bicyclic) bond motifs is 2. The van der Waals surface area contributed by atoms with Crippen LogP contribution in [0.5, 0.6) is 5.75 Å². The number of nitrogens with zero attached hydrogens (tertiary/aromatic N) is 4. The highest BCUT2D eigenvalue weighted by atomic mass is 32.1. The molecule has 9 nitrogen and oxygen atoms in total. The first-order chi connectivity index (χ1) is 21.1. The molecule has 0 spiro atoms. The highest BCUT2D eigenvalue weighted by molar-refractivity contribution is 7.14. The molecule has 1 aliphatic carbocycles. The van der Waals surface area contributed by atoms with Crippen LogP contribution in [0, 0.1) is 31.6 Å². The molecule has 3 aliphatic rings. The van der Waals surface area contributed by atoms with E-state index in [1.807, 2.05) is 62.9 Å². The van der Waals surface area contributed by atoms with E-state index >= 15 is 0 Å². The summed E-state index contributed by atoms with van der Waals surface area (Å²) in [6, 6.07) is 11.8. The lowest BCUT2D eigenvalue weighted by Gasteiger charge is -2.36. The number of rotatable bonds is 8. The molecule has 2 aliphatic heterocycles. The van der Waals surface area contributed by atoms with Gasteiger partial charge in [-0.25, -0.2) is 4.98 Å². The van der Waals surface area contributed by atoms with Gasteiger partial charge in [-0.15, -0.1) is 11.3 Å². The number of thiazole rings is 1. The van der Waals surface area contributed by atoms with E-state index < -0.39 is 5.97 Å². The number of aryl methyl sites for hydroxylation is 2. The maximum Gasteiger partial charge on any atom is 0.307 e. The summed E-state index contributed by atoms with van der Waals surface area (Å²) in [5.41, 5.74) is 5.38. The minimum Gasteiger partial charge on any atom is -0.488 e. The Morgan fingerprint density at radius 3 is 2.48 bits per heavy atom. The first-order valence-electron chi connectivity index (χ1n) is 15.4. The molecule has 232 valence electrons. The van der Waals surface area contributed by atoms with Crippen molar-refractivity contribution in [3.63, 3.8) is 0 Å². The summed E-state index contributed by atoms with van der Waals surface area (Å²) in [4.78, 5) is 48.2.